The Balaban J connectivity index is 1.38. The molecule has 1 unspecified atom stereocenters. The number of ether oxygens (including phenoxy) is 1. The van der Waals surface area contributed by atoms with Crippen LogP contribution < -0.4 is 0 Å². The number of carbonyl (C=O) groups is 2. The SMILES string of the molecule is COC(=O)C[C@@H](c1cc(-c2c(C)cccc2C)cc(C#CC2CC(O)C2)n1)[N+]12C(=O)C(CC(C)C)N3C=C(CCN(C)C)C(C(F)(F)F)=CC3=C3C1=C32. The number of fused-ring (bicyclic) bond motifs is 3. The second kappa shape index (κ2) is 13.4. The van der Waals surface area contributed by atoms with Gasteiger partial charge in [0.15, 0.2) is 6.04 Å². The van der Waals surface area contributed by atoms with Crippen molar-refractivity contribution >= 4 is 11.9 Å². The van der Waals surface area contributed by atoms with E-state index in [0.29, 0.717) is 59.9 Å². The molecular weight excluding hydrogens is 681 g/mol. The van der Waals surface area contributed by atoms with Gasteiger partial charge in [-0.1, -0.05) is 38.0 Å². The molecule has 2 aliphatic carbocycles. The van der Waals surface area contributed by atoms with Crippen LogP contribution in [0.25, 0.3) is 11.1 Å². The van der Waals surface area contributed by atoms with Crippen LogP contribution in [0.15, 0.2) is 76.4 Å². The maximum Gasteiger partial charge on any atom is 0.416 e. The first-order valence-electron chi connectivity index (χ1n) is 18.3. The molecule has 7 rings (SSSR count). The van der Waals surface area contributed by atoms with E-state index in [0.717, 1.165) is 22.3 Å². The van der Waals surface area contributed by atoms with Crippen molar-refractivity contribution in [1.82, 2.24) is 14.8 Å². The Morgan fingerprint density at radius 2 is 1.83 bits per heavy atom. The van der Waals surface area contributed by atoms with Crippen LogP contribution in [0.5, 0.6) is 0 Å². The summed E-state index contributed by atoms with van der Waals surface area (Å²) in [6.07, 6.45) is -0.621. The molecule has 5 aliphatic rings. The zero-order chi connectivity index (χ0) is 38.1. The Kier molecular flexibility index (Phi) is 9.32. The van der Waals surface area contributed by atoms with Gasteiger partial charge in [0.05, 0.1) is 24.5 Å². The third-order valence-electron chi connectivity index (χ3n) is 11.1. The number of carbonyl (C=O) groups excluding carboxylic acids is 2. The molecule has 53 heavy (non-hydrogen) atoms. The average molecular weight is 728 g/mol. The number of amides is 1. The predicted octanol–water partition coefficient (Wildman–Crippen LogP) is 7.00. The van der Waals surface area contributed by atoms with Gasteiger partial charge < -0.3 is 19.6 Å². The molecule has 2 aromatic rings. The fourth-order valence-corrected chi connectivity index (χ4v) is 8.31. The summed E-state index contributed by atoms with van der Waals surface area (Å²) in [7, 11) is 4.93. The lowest BCUT2D eigenvalue weighted by Crippen LogP contribution is -2.52. The fraction of sp³-hybridized carbons (Fsp3) is 0.452. The van der Waals surface area contributed by atoms with Crippen LogP contribution in [0.1, 0.15) is 74.5 Å². The van der Waals surface area contributed by atoms with Gasteiger partial charge in [-0.25, -0.2) is 9.78 Å². The van der Waals surface area contributed by atoms with Crippen LogP contribution in [0, 0.1) is 37.5 Å². The summed E-state index contributed by atoms with van der Waals surface area (Å²) in [5, 5.41) is 9.85. The van der Waals surface area contributed by atoms with E-state index < -0.39 is 29.8 Å². The highest BCUT2D eigenvalue weighted by Crippen LogP contribution is 2.75. The molecule has 0 radical (unpaired) electrons. The minimum atomic E-state index is -4.58. The number of pyridine rings is 1. The summed E-state index contributed by atoms with van der Waals surface area (Å²) in [5.74, 6) is 5.82. The van der Waals surface area contributed by atoms with Crippen molar-refractivity contribution in [1.29, 1.82) is 0 Å². The van der Waals surface area contributed by atoms with Crippen molar-refractivity contribution in [3.8, 4) is 23.0 Å². The number of methoxy groups -OCH3 is 1. The summed E-state index contributed by atoms with van der Waals surface area (Å²) in [5.41, 5.74) is 6.65. The van der Waals surface area contributed by atoms with Gasteiger partial charge in [0.2, 0.25) is 11.4 Å². The molecule has 8 nitrogen and oxygen atoms in total. The number of rotatable bonds is 10. The third kappa shape index (κ3) is 6.45. The largest absolute Gasteiger partial charge is 0.469 e. The van der Waals surface area contributed by atoms with Gasteiger partial charge in [-0.15, -0.1) is 0 Å². The molecule has 1 fully saturated rings. The van der Waals surface area contributed by atoms with E-state index in [1.54, 1.807) is 11.1 Å². The summed E-state index contributed by atoms with van der Waals surface area (Å²) in [4.78, 5) is 37.1. The molecule has 3 aliphatic heterocycles. The van der Waals surface area contributed by atoms with Gasteiger partial charge in [-0.3, -0.25) is 4.79 Å². The normalized spacial score (nSPS) is 23.0. The van der Waals surface area contributed by atoms with E-state index in [9.17, 15) is 23.1 Å². The number of aliphatic hydroxyl groups is 1. The Hall–Kier alpha value is -4.50. The highest BCUT2D eigenvalue weighted by molar-refractivity contribution is 5.94. The molecule has 1 aromatic carbocycles. The lowest BCUT2D eigenvalue weighted by molar-refractivity contribution is -0.757. The molecule has 1 N–H and O–H groups in total. The number of halogens is 3. The van der Waals surface area contributed by atoms with Gasteiger partial charge >= 0.3 is 18.1 Å². The number of quaternary nitrogens is 1. The van der Waals surface area contributed by atoms with Crippen molar-refractivity contribution in [2.75, 3.05) is 27.7 Å². The van der Waals surface area contributed by atoms with Crippen molar-refractivity contribution < 1.29 is 37.1 Å². The highest BCUT2D eigenvalue weighted by Gasteiger charge is 2.85. The Labute approximate surface area is 308 Å². The number of benzene rings is 1. The molecular formula is C42H46F3N4O4+. The standard InChI is InChI=1S/C42H46F3N4O4/c1-23(2)15-34-41(52)49(39-38(40(39)49)33-20-31(42(43,44)45)27(22-48(33)34)13-14-47(5)6)35(21-36(51)53-7)32-19-28(37-24(3)9-8-10-25(37)4)18-29(46-32)12-11-26-16-30(50)17-26/h8-10,18-20,22-23,26,30,34-35,50H,13-17,21H2,1-7H3/q+1/t26?,30?,34?,35-/m0/s1. The van der Waals surface area contributed by atoms with Crippen LogP contribution >= 0.6 is 0 Å². The van der Waals surface area contributed by atoms with Crippen LogP contribution in [-0.4, -0.2) is 82.3 Å². The lowest BCUT2D eigenvalue weighted by Gasteiger charge is -2.36. The van der Waals surface area contributed by atoms with Gasteiger partial charge in [0.25, 0.3) is 0 Å². The van der Waals surface area contributed by atoms with Gasteiger partial charge in [-0.2, -0.15) is 17.7 Å². The number of aliphatic hydroxyl groups excluding tert-OH is 1. The number of aryl methyl sites for hydroxylation is 2. The number of hydrogen-bond acceptors (Lipinski definition) is 7. The summed E-state index contributed by atoms with van der Waals surface area (Å²) >= 11 is 0. The third-order valence-corrected chi connectivity index (χ3v) is 11.1. The number of hydrogen-bond donors (Lipinski definition) is 1. The predicted molar refractivity (Wildman–Crippen MR) is 194 cm³/mol. The van der Waals surface area contributed by atoms with Gasteiger partial charge in [0, 0.05) is 18.7 Å². The minimum Gasteiger partial charge on any atom is -0.469 e. The molecule has 1 aromatic heterocycles. The summed E-state index contributed by atoms with van der Waals surface area (Å²) in [6, 6.07) is 8.26. The molecule has 0 saturated heterocycles. The molecule has 11 heteroatoms. The Morgan fingerprint density at radius 1 is 1.15 bits per heavy atom. The first kappa shape index (κ1) is 36.8. The van der Waals surface area contributed by atoms with Crippen molar-refractivity contribution in [3.63, 3.8) is 0 Å². The maximum absolute atomic E-state index is 15.2. The van der Waals surface area contributed by atoms with Crippen molar-refractivity contribution in [2.45, 2.75) is 84.2 Å². The Morgan fingerprint density at radius 3 is 2.42 bits per heavy atom. The topological polar surface area (TPSA) is 83.0 Å². The molecule has 0 bridgehead atoms. The Bertz CT molecular complexity index is 2060. The molecule has 278 valence electrons. The second-order valence-electron chi connectivity index (χ2n) is 15.7. The number of allylic oxidation sites excluding steroid dienone is 4. The number of nitrogens with zero attached hydrogens (tertiary/aromatic N) is 4. The molecule has 4 heterocycles. The number of alkyl halides is 3. The van der Waals surface area contributed by atoms with E-state index in [-0.39, 0.29) is 46.7 Å². The average Bonchev–Trinajstić information content (AvgIpc) is 3.99. The number of aromatic nitrogens is 1. The quantitative estimate of drug-likeness (QED) is 0.161. The van der Waals surface area contributed by atoms with E-state index in [4.69, 9.17) is 9.72 Å². The molecule has 0 spiro atoms. The van der Waals surface area contributed by atoms with E-state index in [2.05, 4.69) is 11.8 Å². The van der Waals surface area contributed by atoms with E-state index >= 15 is 4.79 Å². The minimum absolute atomic E-state index is 0.0404. The monoisotopic (exact) mass is 727 g/mol. The molecule has 1 saturated carbocycles. The van der Waals surface area contributed by atoms with Gasteiger partial charge in [-0.05, 0) is 112 Å². The fourth-order valence-electron chi connectivity index (χ4n) is 8.31. The first-order valence-corrected chi connectivity index (χ1v) is 18.3. The summed E-state index contributed by atoms with van der Waals surface area (Å²) < 4.78 is 48.8. The summed E-state index contributed by atoms with van der Waals surface area (Å²) in [6.45, 7) is 8.44. The molecule has 1 amide bonds. The first-order chi connectivity index (χ1) is 25.1. The number of esters is 1. The zero-order valence-electron chi connectivity index (χ0n) is 31.3. The van der Waals surface area contributed by atoms with Crippen LogP contribution in [0.3, 0.4) is 0 Å². The zero-order valence-corrected chi connectivity index (χ0v) is 31.3. The van der Waals surface area contributed by atoms with Crippen molar-refractivity contribution in [3.05, 3.63) is 98.9 Å². The van der Waals surface area contributed by atoms with Crippen molar-refractivity contribution in [2.24, 2.45) is 11.8 Å². The highest BCUT2D eigenvalue weighted by atomic mass is 19.4. The lowest BCUT2D eigenvalue weighted by atomic mass is 9.83. The maximum atomic E-state index is 15.2. The second-order valence-corrected chi connectivity index (χ2v) is 15.7. The van der Waals surface area contributed by atoms with E-state index in [1.807, 2.05) is 77.0 Å². The van der Waals surface area contributed by atoms with E-state index in [1.165, 1.54) is 13.2 Å². The smallest absolute Gasteiger partial charge is 0.416 e. The van der Waals surface area contributed by atoms with Crippen LogP contribution in [0.4, 0.5) is 13.2 Å². The van der Waals surface area contributed by atoms with Crippen LogP contribution in [0.2, 0.25) is 0 Å². The van der Waals surface area contributed by atoms with Crippen LogP contribution in [-0.2, 0) is 14.3 Å². The molecule has 2 atom stereocenters. The van der Waals surface area contributed by atoms with Gasteiger partial charge in [0.1, 0.15) is 29.4 Å².